The van der Waals surface area contributed by atoms with E-state index in [1.54, 1.807) is 6.07 Å². The van der Waals surface area contributed by atoms with Gasteiger partial charge in [0.15, 0.2) is 6.67 Å². The Morgan fingerprint density at radius 1 is 0.862 bits per heavy atom. The molecule has 0 fully saturated rings. The number of hydrogen-bond donors (Lipinski definition) is 1. The van der Waals surface area contributed by atoms with Crippen molar-refractivity contribution in [3.05, 3.63) is 47.0 Å². The van der Waals surface area contributed by atoms with Gasteiger partial charge in [0.2, 0.25) is 0 Å². The summed E-state index contributed by atoms with van der Waals surface area (Å²) in [6.07, 6.45) is 0. The van der Waals surface area contributed by atoms with E-state index in [1.807, 2.05) is 26.8 Å². The lowest BCUT2D eigenvalue weighted by Gasteiger charge is -2.27. The van der Waals surface area contributed by atoms with E-state index < -0.39 is 18.2 Å². The molecule has 0 aliphatic rings. The number of alkyl halides is 3. The number of fused-ring (bicyclic) bond motifs is 1. The third-order valence-corrected chi connectivity index (χ3v) is 4.95. The van der Waals surface area contributed by atoms with E-state index in [1.165, 1.54) is 10.9 Å². The average molecular weight is 405 g/mol. The lowest BCUT2D eigenvalue weighted by atomic mass is 9.80. The molecule has 0 atom stereocenters. The standard InChI is InChI=1S/C22H26F3N3O/c1-20(2,3)14-9-15(21(4,5)6)19(29)18(11-14)28-26-16-8-7-13(10-17(16)27-28)22(24,25)12-23/h7-11,29H,12H2,1-6H3. The molecule has 29 heavy (non-hydrogen) atoms. The molecule has 3 aromatic rings. The van der Waals surface area contributed by atoms with Crippen molar-refractivity contribution in [1.82, 2.24) is 15.0 Å². The minimum Gasteiger partial charge on any atom is -0.505 e. The highest BCUT2D eigenvalue weighted by Gasteiger charge is 2.32. The van der Waals surface area contributed by atoms with Crippen LogP contribution in [0.2, 0.25) is 0 Å². The van der Waals surface area contributed by atoms with E-state index in [0.717, 1.165) is 23.3 Å². The van der Waals surface area contributed by atoms with Gasteiger partial charge in [-0.1, -0.05) is 53.7 Å². The van der Waals surface area contributed by atoms with Crippen LogP contribution < -0.4 is 0 Å². The summed E-state index contributed by atoms with van der Waals surface area (Å²) in [6, 6.07) is 7.44. The Morgan fingerprint density at radius 3 is 2.03 bits per heavy atom. The van der Waals surface area contributed by atoms with Crippen molar-refractivity contribution in [3.8, 4) is 11.4 Å². The molecular formula is C22H26F3N3O. The van der Waals surface area contributed by atoms with Gasteiger partial charge < -0.3 is 5.11 Å². The fourth-order valence-electron chi connectivity index (χ4n) is 3.10. The second-order valence-corrected chi connectivity index (χ2v) is 9.42. The normalized spacial score (nSPS) is 13.3. The fourth-order valence-corrected chi connectivity index (χ4v) is 3.10. The number of benzene rings is 2. The molecule has 1 aromatic heterocycles. The molecular weight excluding hydrogens is 379 g/mol. The van der Waals surface area contributed by atoms with Crippen LogP contribution in [0.5, 0.6) is 5.75 Å². The van der Waals surface area contributed by atoms with Gasteiger partial charge in [-0.15, -0.1) is 15.0 Å². The van der Waals surface area contributed by atoms with Gasteiger partial charge in [-0.05, 0) is 34.6 Å². The summed E-state index contributed by atoms with van der Waals surface area (Å²) in [5.41, 5.74) is 1.70. The van der Waals surface area contributed by atoms with Gasteiger partial charge in [-0.2, -0.15) is 8.78 Å². The zero-order valence-corrected chi connectivity index (χ0v) is 17.5. The van der Waals surface area contributed by atoms with E-state index in [0.29, 0.717) is 11.2 Å². The van der Waals surface area contributed by atoms with Crippen molar-refractivity contribution in [1.29, 1.82) is 0 Å². The van der Waals surface area contributed by atoms with Gasteiger partial charge >= 0.3 is 5.92 Å². The molecule has 7 heteroatoms. The molecule has 1 N–H and O–H groups in total. The van der Waals surface area contributed by atoms with Crippen molar-refractivity contribution < 1.29 is 18.3 Å². The molecule has 3 rings (SSSR count). The minimum atomic E-state index is -3.58. The van der Waals surface area contributed by atoms with E-state index in [-0.39, 0.29) is 22.1 Å². The van der Waals surface area contributed by atoms with Crippen molar-refractivity contribution in [2.45, 2.75) is 58.3 Å². The molecule has 0 unspecified atom stereocenters. The molecule has 0 amide bonds. The third-order valence-electron chi connectivity index (χ3n) is 4.95. The molecule has 0 aliphatic carbocycles. The van der Waals surface area contributed by atoms with Crippen LogP contribution in [0, 0.1) is 0 Å². The number of aromatic hydroxyl groups is 1. The highest BCUT2D eigenvalue weighted by molar-refractivity contribution is 5.75. The number of phenols is 1. The summed E-state index contributed by atoms with van der Waals surface area (Å²) < 4.78 is 40.1. The number of halogens is 3. The van der Waals surface area contributed by atoms with E-state index >= 15 is 0 Å². The molecule has 0 bridgehead atoms. The van der Waals surface area contributed by atoms with Gasteiger partial charge in [-0.25, -0.2) is 4.39 Å². The summed E-state index contributed by atoms with van der Waals surface area (Å²) in [5, 5.41) is 19.6. The van der Waals surface area contributed by atoms with Crippen molar-refractivity contribution in [2.24, 2.45) is 0 Å². The van der Waals surface area contributed by atoms with E-state index in [2.05, 4.69) is 31.0 Å². The summed E-state index contributed by atoms with van der Waals surface area (Å²) in [7, 11) is 0. The summed E-state index contributed by atoms with van der Waals surface area (Å²) >= 11 is 0. The molecule has 0 saturated carbocycles. The molecule has 0 saturated heterocycles. The largest absolute Gasteiger partial charge is 0.505 e. The first-order valence-corrected chi connectivity index (χ1v) is 9.44. The van der Waals surface area contributed by atoms with Gasteiger partial charge in [0.1, 0.15) is 22.5 Å². The van der Waals surface area contributed by atoms with Gasteiger partial charge in [0.05, 0.1) is 0 Å². The highest BCUT2D eigenvalue weighted by Crippen LogP contribution is 2.39. The Balaban J connectivity index is 2.23. The van der Waals surface area contributed by atoms with Crippen LogP contribution in [0.15, 0.2) is 30.3 Å². The summed E-state index contributed by atoms with van der Waals surface area (Å²) in [6.45, 7) is 10.4. The summed E-state index contributed by atoms with van der Waals surface area (Å²) in [5.74, 6) is -3.54. The van der Waals surface area contributed by atoms with Crippen LogP contribution in [-0.2, 0) is 16.8 Å². The third kappa shape index (κ3) is 3.95. The Labute approximate surface area is 168 Å². The maximum absolute atomic E-state index is 13.7. The van der Waals surface area contributed by atoms with Crippen LogP contribution in [0.3, 0.4) is 0 Å². The predicted molar refractivity (Wildman–Crippen MR) is 108 cm³/mol. The van der Waals surface area contributed by atoms with Crippen LogP contribution in [-0.4, -0.2) is 26.8 Å². The lowest BCUT2D eigenvalue weighted by Crippen LogP contribution is -2.18. The van der Waals surface area contributed by atoms with Crippen LogP contribution >= 0.6 is 0 Å². The smallest absolute Gasteiger partial charge is 0.301 e. The zero-order valence-electron chi connectivity index (χ0n) is 17.5. The SMILES string of the molecule is CC(C)(C)c1cc(-n2nc3ccc(C(F)(F)CF)cc3n2)c(O)c(C(C)(C)C)c1. The molecule has 0 spiro atoms. The lowest BCUT2D eigenvalue weighted by molar-refractivity contribution is -0.0279. The average Bonchev–Trinajstić information content (AvgIpc) is 3.02. The molecule has 1 heterocycles. The maximum atomic E-state index is 13.7. The first-order valence-electron chi connectivity index (χ1n) is 9.44. The van der Waals surface area contributed by atoms with Gasteiger partial charge in [-0.3, -0.25) is 0 Å². The van der Waals surface area contributed by atoms with Crippen LogP contribution in [0.1, 0.15) is 58.2 Å². The topological polar surface area (TPSA) is 50.9 Å². The zero-order chi connectivity index (χ0) is 21.8. The van der Waals surface area contributed by atoms with Gasteiger partial charge in [0.25, 0.3) is 0 Å². The highest BCUT2D eigenvalue weighted by atomic mass is 19.3. The number of nitrogens with zero attached hydrogens (tertiary/aromatic N) is 3. The molecule has 156 valence electrons. The number of hydrogen-bond acceptors (Lipinski definition) is 3. The molecule has 4 nitrogen and oxygen atoms in total. The maximum Gasteiger partial charge on any atom is 0.301 e. The molecule has 0 radical (unpaired) electrons. The molecule has 2 aromatic carbocycles. The van der Waals surface area contributed by atoms with E-state index in [9.17, 15) is 18.3 Å². The molecule has 0 aliphatic heterocycles. The van der Waals surface area contributed by atoms with Crippen molar-refractivity contribution in [3.63, 3.8) is 0 Å². The Morgan fingerprint density at radius 2 is 1.48 bits per heavy atom. The Bertz CT molecular complexity index is 1060. The quantitative estimate of drug-likeness (QED) is 0.601. The predicted octanol–water partition coefficient (Wildman–Crippen LogP) is 5.78. The first kappa shape index (κ1) is 21.1. The minimum absolute atomic E-state index is 0.0418. The summed E-state index contributed by atoms with van der Waals surface area (Å²) in [4.78, 5) is 1.25. The number of aromatic nitrogens is 3. The number of phenolic OH excluding ortho intramolecular Hbond substituents is 1. The van der Waals surface area contributed by atoms with E-state index in [4.69, 9.17) is 0 Å². The number of rotatable bonds is 3. The van der Waals surface area contributed by atoms with Crippen LogP contribution in [0.4, 0.5) is 13.2 Å². The Kier molecular flexibility index (Phi) is 4.92. The van der Waals surface area contributed by atoms with Crippen molar-refractivity contribution >= 4 is 11.0 Å². The monoisotopic (exact) mass is 405 g/mol. The second-order valence-electron chi connectivity index (χ2n) is 9.42. The Hall–Kier alpha value is -2.57. The van der Waals surface area contributed by atoms with Gasteiger partial charge in [0, 0.05) is 11.1 Å². The van der Waals surface area contributed by atoms with Crippen LogP contribution in [0.25, 0.3) is 16.7 Å². The van der Waals surface area contributed by atoms with Crippen molar-refractivity contribution in [2.75, 3.05) is 6.67 Å². The second kappa shape index (κ2) is 6.75. The first-order chi connectivity index (χ1) is 13.2. The fraction of sp³-hybridized carbons (Fsp3) is 0.455.